The minimum absolute atomic E-state index is 0.267. The van der Waals surface area contributed by atoms with E-state index in [1.165, 1.54) is 32.3 Å². The van der Waals surface area contributed by atoms with Crippen molar-refractivity contribution >= 4 is 11.8 Å². The molecular formula is C16H28O4. The number of aliphatic hydroxyl groups is 1. The highest BCUT2D eigenvalue weighted by Gasteiger charge is 2.20. The van der Waals surface area contributed by atoms with E-state index >= 15 is 0 Å². The maximum Gasteiger partial charge on any atom is 0.330 e. The smallest absolute Gasteiger partial charge is 0.330 e. The van der Waals surface area contributed by atoms with E-state index < -0.39 is 12.1 Å². The Bertz CT molecular complexity index is 310. The number of ether oxygens (including phenoxy) is 1. The predicted octanol–water partition coefficient (Wildman–Crippen LogP) is 3.03. The van der Waals surface area contributed by atoms with E-state index in [1.54, 1.807) is 13.0 Å². The van der Waals surface area contributed by atoms with Gasteiger partial charge >= 0.3 is 5.97 Å². The predicted molar refractivity (Wildman–Crippen MR) is 79.3 cm³/mol. The number of esters is 1. The molecule has 0 rings (SSSR count). The lowest BCUT2D eigenvalue weighted by Crippen LogP contribution is -2.26. The Labute approximate surface area is 122 Å². The monoisotopic (exact) mass is 284 g/mol. The van der Waals surface area contributed by atoms with Crippen LogP contribution in [0.1, 0.15) is 59.3 Å². The summed E-state index contributed by atoms with van der Waals surface area (Å²) in [5.41, 5.74) is 0. The van der Waals surface area contributed by atoms with Crippen molar-refractivity contribution in [2.45, 2.75) is 65.4 Å². The number of Topliss-reactive ketones (excluding diaryl/α,β-unsaturated/α-hetero) is 1. The topological polar surface area (TPSA) is 63.6 Å². The molecule has 0 saturated heterocycles. The first-order valence-electron chi connectivity index (χ1n) is 7.56. The average Bonchev–Trinajstić information content (AvgIpc) is 2.41. The highest BCUT2D eigenvalue weighted by molar-refractivity contribution is 5.83. The number of carbonyl (C=O) groups is 2. The van der Waals surface area contributed by atoms with Crippen LogP contribution in [0.15, 0.2) is 12.2 Å². The summed E-state index contributed by atoms with van der Waals surface area (Å²) < 4.78 is 4.80. The molecule has 0 heterocycles. The molecule has 0 aliphatic carbocycles. The van der Waals surface area contributed by atoms with Crippen LogP contribution in [0.3, 0.4) is 0 Å². The maximum absolute atomic E-state index is 11.3. The van der Waals surface area contributed by atoms with Crippen LogP contribution in [-0.4, -0.2) is 29.6 Å². The molecule has 0 spiro atoms. The molecular weight excluding hydrogens is 256 g/mol. The van der Waals surface area contributed by atoms with Gasteiger partial charge in [-0.3, -0.25) is 4.79 Å². The van der Waals surface area contributed by atoms with E-state index in [2.05, 4.69) is 6.92 Å². The van der Waals surface area contributed by atoms with Crippen molar-refractivity contribution in [1.82, 2.24) is 0 Å². The maximum atomic E-state index is 11.3. The first kappa shape index (κ1) is 18.8. The van der Waals surface area contributed by atoms with Crippen molar-refractivity contribution in [3.05, 3.63) is 12.2 Å². The van der Waals surface area contributed by atoms with Gasteiger partial charge in [-0.05, 0) is 20.3 Å². The molecule has 2 atom stereocenters. The van der Waals surface area contributed by atoms with E-state index in [0.717, 1.165) is 12.8 Å². The van der Waals surface area contributed by atoms with Crippen LogP contribution in [0.4, 0.5) is 0 Å². The van der Waals surface area contributed by atoms with Crippen LogP contribution in [-0.2, 0) is 14.3 Å². The number of aliphatic hydroxyl groups excluding tert-OH is 1. The van der Waals surface area contributed by atoms with E-state index in [1.807, 2.05) is 0 Å². The van der Waals surface area contributed by atoms with Gasteiger partial charge in [0.05, 0.1) is 6.61 Å². The van der Waals surface area contributed by atoms with Crippen LogP contribution in [0.5, 0.6) is 0 Å². The number of unbranched alkanes of at least 4 members (excludes halogenated alkanes) is 4. The fourth-order valence-corrected chi connectivity index (χ4v) is 2.04. The summed E-state index contributed by atoms with van der Waals surface area (Å²) in [6, 6.07) is 0. The Hall–Kier alpha value is -1.16. The molecule has 0 amide bonds. The van der Waals surface area contributed by atoms with Crippen LogP contribution in [0.25, 0.3) is 0 Å². The molecule has 4 heteroatoms. The van der Waals surface area contributed by atoms with Crippen LogP contribution in [0.2, 0.25) is 0 Å². The molecule has 0 aromatic carbocycles. The summed E-state index contributed by atoms with van der Waals surface area (Å²) in [6.45, 7) is 5.58. The number of rotatable bonds is 11. The molecule has 0 unspecified atom stereocenters. The van der Waals surface area contributed by atoms with Gasteiger partial charge in [0, 0.05) is 12.0 Å². The molecule has 0 fully saturated rings. The number of ketones is 1. The first-order valence-corrected chi connectivity index (χ1v) is 7.56. The molecule has 0 aromatic rings. The minimum atomic E-state index is -1.04. The summed E-state index contributed by atoms with van der Waals surface area (Å²) in [5, 5.41) is 9.88. The third-order valence-corrected chi connectivity index (χ3v) is 3.23. The molecule has 0 aromatic heterocycles. The second-order valence-corrected chi connectivity index (χ2v) is 5.03. The molecule has 116 valence electrons. The van der Waals surface area contributed by atoms with Gasteiger partial charge in [-0.2, -0.15) is 0 Å². The molecule has 0 radical (unpaired) electrons. The Morgan fingerprint density at radius 2 is 1.80 bits per heavy atom. The van der Waals surface area contributed by atoms with Gasteiger partial charge in [-0.1, -0.05) is 45.1 Å². The molecule has 4 nitrogen and oxygen atoms in total. The van der Waals surface area contributed by atoms with Gasteiger partial charge in [0.25, 0.3) is 0 Å². The van der Waals surface area contributed by atoms with Crippen LogP contribution in [0, 0.1) is 5.92 Å². The molecule has 20 heavy (non-hydrogen) atoms. The quantitative estimate of drug-likeness (QED) is 0.360. The van der Waals surface area contributed by atoms with Gasteiger partial charge < -0.3 is 9.84 Å². The lowest BCUT2D eigenvalue weighted by Gasteiger charge is -2.17. The lowest BCUT2D eigenvalue weighted by atomic mass is 9.92. The second-order valence-electron chi connectivity index (χ2n) is 5.03. The van der Waals surface area contributed by atoms with Crippen molar-refractivity contribution < 1.29 is 19.4 Å². The van der Waals surface area contributed by atoms with Gasteiger partial charge in [-0.25, -0.2) is 4.79 Å². The van der Waals surface area contributed by atoms with E-state index in [0.29, 0.717) is 13.0 Å². The van der Waals surface area contributed by atoms with Gasteiger partial charge in [0.1, 0.15) is 6.10 Å². The fourth-order valence-electron chi connectivity index (χ4n) is 2.04. The number of hydrogen-bond donors (Lipinski definition) is 1. The zero-order valence-electron chi connectivity index (χ0n) is 12.9. The highest BCUT2D eigenvalue weighted by atomic mass is 16.5. The highest BCUT2D eigenvalue weighted by Crippen LogP contribution is 2.17. The van der Waals surface area contributed by atoms with Gasteiger partial charge in [0.15, 0.2) is 5.78 Å². The fraction of sp³-hybridized carbons (Fsp3) is 0.750. The normalized spacial score (nSPS) is 14.2. The summed E-state index contributed by atoms with van der Waals surface area (Å²) in [7, 11) is 0. The van der Waals surface area contributed by atoms with E-state index in [4.69, 9.17) is 4.74 Å². The van der Waals surface area contributed by atoms with Gasteiger partial charge in [-0.15, -0.1) is 0 Å². The minimum Gasteiger partial charge on any atom is -0.463 e. The van der Waals surface area contributed by atoms with Crippen molar-refractivity contribution in [3.8, 4) is 0 Å². The third kappa shape index (κ3) is 8.86. The Kier molecular flexibility index (Phi) is 11.0. The summed E-state index contributed by atoms with van der Waals surface area (Å²) in [5.74, 6) is -1.00. The van der Waals surface area contributed by atoms with E-state index in [9.17, 15) is 14.7 Å². The summed E-state index contributed by atoms with van der Waals surface area (Å²) in [6.07, 6.45) is 8.18. The Morgan fingerprint density at radius 1 is 1.15 bits per heavy atom. The van der Waals surface area contributed by atoms with Crippen LogP contribution >= 0.6 is 0 Å². The molecule has 0 bridgehead atoms. The average molecular weight is 284 g/mol. The Balaban J connectivity index is 4.34. The second kappa shape index (κ2) is 11.6. The van der Waals surface area contributed by atoms with Crippen molar-refractivity contribution in [2.24, 2.45) is 5.92 Å². The molecule has 0 aliphatic rings. The largest absolute Gasteiger partial charge is 0.463 e. The molecule has 1 N–H and O–H groups in total. The Morgan fingerprint density at radius 3 is 2.35 bits per heavy atom. The summed E-state index contributed by atoms with van der Waals surface area (Å²) >= 11 is 0. The van der Waals surface area contributed by atoms with Gasteiger partial charge in [0.2, 0.25) is 0 Å². The molecule has 0 saturated carbocycles. The SMILES string of the molecule is CCCCCCC[C@H](/C=C/C(=O)OCC)[C@@H](O)C(C)=O. The van der Waals surface area contributed by atoms with Crippen molar-refractivity contribution in [1.29, 1.82) is 0 Å². The third-order valence-electron chi connectivity index (χ3n) is 3.23. The molecule has 0 aliphatic heterocycles. The number of carbonyl (C=O) groups excluding carboxylic acids is 2. The van der Waals surface area contributed by atoms with E-state index in [-0.39, 0.29) is 11.7 Å². The standard InChI is InChI=1S/C16H28O4/c1-4-6-7-8-9-10-14(16(19)13(3)17)11-12-15(18)20-5-2/h11-12,14,16,19H,4-10H2,1-3H3/b12-11+/t14-,16+/m1/s1. The number of hydrogen-bond acceptors (Lipinski definition) is 4. The van der Waals surface area contributed by atoms with Crippen LogP contribution < -0.4 is 0 Å². The lowest BCUT2D eigenvalue weighted by molar-refractivity contribution is -0.137. The van der Waals surface area contributed by atoms with Crippen molar-refractivity contribution in [2.75, 3.05) is 6.61 Å². The van der Waals surface area contributed by atoms with Crippen molar-refractivity contribution in [3.63, 3.8) is 0 Å². The zero-order valence-corrected chi connectivity index (χ0v) is 12.9. The summed E-state index contributed by atoms with van der Waals surface area (Å²) in [4.78, 5) is 22.6. The zero-order chi connectivity index (χ0) is 15.4. The first-order chi connectivity index (χ1) is 9.52.